The fourth-order valence-corrected chi connectivity index (χ4v) is 2.12. The lowest BCUT2D eigenvalue weighted by Crippen LogP contribution is -2.21. The molecule has 0 bridgehead atoms. The Hall–Kier alpha value is -3.94. The SMILES string of the molecule is O=CNC(=Cc1ccc(O)c(O)c1)C(=Cc1ccc(O)c(O)c1)NC=O. The fourth-order valence-electron chi connectivity index (χ4n) is 2.12. The van der Waals surface area contributed by atoms with Gasteiger partial charge in [0.25, 0.3) is 0 Å². The van der Waals surface area contributed by atoms with Crippen molar-refractivity contribution in [3.63, 3.8) is 0 Å². The zero-order valence-electron chi connectivity index (χ0n) is 13.4. The summed E-state index contributed by atoms with van der Waals surface area (Å²) in [4.78, 5) is 21.9. The predicted octanol–water partition coefficient (Wildman–Crippen LogP) is 1.38. The van der Waals surface area contributed by atoms with Gasteiger partial charge >= 0.3 is 0 Å². The lowest BCUT2D eigenvalue weighted by molar-refractivity contribution is -0.110. The summed E-state index contributed by atoms with van der Waals surface area (Å²) in [6.07, 6.45) is 3.72. The first-order valence-corrected chi connectivity index (χ1v) is 7.32. The van der Waals surface area contributed by atoms with Crippen molar-refractivity contribution >= 4 is 25.0 Å². The predicted molar refractivity (Wildman–Crippen MR) is 93.9 cm³/mol. The molecule has 2 amide bonds. The van der Waals surface area contributed by atoms with Crippen molar-refractivity contribution in [2.24, 2.45) is 0 Å². The van der Waals surface area contributed by atoms with E-state index < -0.39 is 0 Å². The zero-order valence-corrected chi connectivity index (χ0v) is 13.4. The molecule has 0 saturated carbocycles. The molecule has 0 aliphatic heterocycles. The van der Waals surface area contributed by atoms with Gasteiger partial charge in [-0.1, -0.05) is 12.1 Å². The van der Waals surface area contributed by atoms with Gasteiger partial charge in [0.2, 0.25) is 12.8 Å². The minimum absolute atomic E-state index is 0.185. The number of amides is 2. The lowest BCUT2D eigenvalue weighted by Gasteiger charge is -2.11. The van der Waals surface area contributed by atoms with Crippen molar-refractivity contribution in [3.8, 4) is 23.0 Å². The van der Waals surface area contributed by atoms with Crippen LogP contribution in [0.25, 0.3) is 12.2 Å². The summed E-state index contributed by atoms with van der Waals surface area (Å²) >= 11 is 0. The van der Waals surface area contributed by atoms with Crippen LogP contribution >= 0.6 is 0 Å². The van der Waals surface area contributed by atoms with Crippen LogP contribution in [0.3, 0.4) is 0 Å². The van der Waals surface area contributed by atoms with Gasteiger partial charge in [0, 0.05) is 0 Å². The molecule has 26 heavy (non-hydrogen) atoms. The number of aromatic hydroxyl groups is 4. The third kappa shape index (κ3) is 4.54. The molecule has 6 N–H and O–H groups in total. The molecular formula is C18H16N2O6. The number of hydrogen-bond donors (Lipinski definition) is 6. The Labute approximate surface area is 148 Å². The van der Waals surface area contributed by atoms with E-state index in [4.69, 9.17) is 0 Å². The maximum absolute atomic E-state index is 10.9. The molecule has 0 fully saturated rings. The van der Waals surface area contributed by atoms with E-state index in [-0.39, 0.29) is 34.4 Å². The molecule has 8 heteroatoms. The van der Waals surface area contributed by atoms with E-state index in [0.717, 1.165) is 0 Å². The van der Waals surface area contributed by atoms with Crippen LogP contribution in [0.4, 0.5) is 0 Å². The highest BCUT2D eigenvalue weighted by Crippen LogP contribution is 2.28. The Balaban J connectivity index is 2.50. The van der Waals surface area contributed by atoms with Gasteiger partial charge in [0.1, 0.15) is 0 Å². The number of hydrogen-bond acceptors (Lipinski definition) is 6. The number of rotatable bonds is 7. The summed E-state index contributed by atoms with van der Waals surface area (Å²) in [5.41, 5.74) is 1.25. The van der Waals surface area contributed by atoms with Gasteiger partial charge in [0.15, 0.2) is 23.0 Å². The molecule has 0 atom stereocenters. The van der Waals surface area contributed by atoms with Gasteiger partial charge < -0.3 is 31.1 Å². The van der Waals surface area contributed by atoms with Crippen LogP contribution in [0, 0.1) is 0 Å². The fraction of sp³-hybridized carbons (Fsp3) is 0. The number of carbonyl (C=O) groups is 2. The number of phenolic OH excluding ortho intramolecular Hbond substituents is 4. The quantitative estimate of drug-likeness (QED) is 0.252. The van der Waals surface area contributed by atoms with Crippen LogP contribution in [0.1, 0.15) is 11.1 Å². The van der Waals surface area contributed by atoms with Gasteiger partial charge in [0.05, 0.1) is 11.4 Å². The van der Waals surface area contributed by atoms with E-state index in [1.165, 1.54) is 48.6 Å². The van der Waals surface area contributed by atoms with Crippen molar-refractivity contribution in [1.82, 2.24) is 10.6 Å². The maximum Gasteiger partial charge on any atom is 0.211 e. The molecule has 0 unspecified atom stereocenters. The Morgan fingerprint density at radius 3 is 1.35 bits per heavy atom. The Kier molecular flexibility index (Phi) is 5.83. The molecule has 0 aliphatic carbocycles. The molecule has 8 nitrogen and oxygen atoms in total. The van der Waals surface area contributed by atoms with Crippen molar-refractivity contribution in [1.29, 1.82) is 0 Å². The van der Waals surface area contributed by atoms with E-state index in [0.29, 0.717) is 23.9 Å². The van der Waals surface area contributed by atoms with Crippen molar-refractivity contribution in [3.05, 3.63) is 58.9 Å². The largest absolute Gasteiger partial charge is 0.504 e. The molecule has 0 saturated heterocycles. The molecule has 134 valence electrons. The van der Waals surface area contributed by atoms with E-state index in [1.807, 2.05) is 0 Å². The Bertz CT molecular complexity index is 816. The topological polar surface area (TPSA) is 139 Å². The van der Waals surface area contributed by atoms with Crippen LogP contribution < -0.4 is 10.6 Å². The first kappa shape index (κ1) is 18.4. The van der Waals surface area contributed by atoms with Gasteiger partial charge in [-0.25, -0.2) is 0 Å². The highest BCUT2D eigenvalue weighted by atomic mass is 16.3. The number of carbonyl (C=O) groups excluding carboxylic acids is 2. The summed E-state index contributed by atoms with van der Waals surface area (Å²) in [6, 6.07) is 8.07. The van der Waals surface area contributed by atoms with Crippen LogP contribution in [-0.2, 0) is 9.59 Å². The minimum atomic E-state index is -0.346. The standard InChI is InChI=1S/C18H16N2O6/c21-9-19-13(5-11-1-3-15(23)17(25)7-11)14(20-10-22)6-12-2-4-16(24)18(26)8-12/h1-10,23-26H,(H,19,21)(H,20,22). The first-order chi connectivity index (χ1) is 12.4. The summed E-state index contributed by atoms with van der Waals surface area (Å²) in [5, 5.41) is 42.7. The van der Waals surface area contributed by atoms with Crippen molar-refractivity contribution < 1.29 is 30.0 Å². The van der Waals surface area contributed by atoms with E-state index in [1.54, 1.807) is 0 Å². The third-order valence-electron chi connectivity index (χ3n) is 3.34. The van der Waals surface area contributed by atoms with E-state index >= 15 is 0 Å². The summed E-state index contributed by atoms with van der Waals surface area (Å²) in [6.45, 7) is 0. The molecule has 0 radical (unpaired) electrons. The van der Waals surface area contributed by atoms with Gasteiger partial charge in [-0.05, 0) is 47.5 Å². The Morgan fingerprint density at radius 1 is 0.654 bits per heavy atom. The van der Waals surface area contributed by atoms with Crippen molar-refractivity contribution in [2.45, 2.75) is 0 Å². The van der Waals surface area contributed by atoms with Gasteiger partial charge in [-0.15, -0.1) is 0 Å². The molecule has 0 heterocycles. The van der Waals surface area contributed by atoms with Crippen LogP contribution in [0.2, 0.25) is 0 Å². The smallest absolute Gasteiger partial charge is 0.211 e. The highest BCUT2D eigenvalue weighted by Gasteiger charge is 2.08. The minimum Gasteiger partial charge on any atom is -0.504 e. The average molecular weight is 356 g/mol. The van der Waals surface area contributed by atoms with Crippen LogP contribution in [-0.4, -0.2) is 33.2 Å². The maximum atomic E-state index is 10.9. The van der Waals surface area contributed by atoms with E-state index in [2.05, 4.69) is 10.6 Å². The molecule has 2 rings (SSSR count). The normalized spacial score (nSPS) is 11.7. The molecule has 0 aliphatic rings. The Morgan fingerprint density at radius 2 is 1.04 bits per heavy atom. The number of benzene rings is 2. The molecule has 0 aromatic heterocycles. The zero-order chi connectivity index (χ0) is 19.1. The monoisotopic (exact) mass is 356 g/mol. The number of phenols is 4. The van der Waals surface area contributed by atoms with Crippen LogP contribution in [0.15, 0.2) is 47.8 Å². The van der Waals surface area contributed by atoms with E-state index in [9.17, 15) is 30.0 Å². The third-order valence-corrected chi connectivity index (χ3v) is 3.34. The second-order valence-electron chi connectivity index (χ2n) is 5.14. The summed E-state index contributed by atoms with van der Waals surface area (Å²) < 4.78 is 0. The average Bonchev–Trinajstić information content (AvgIpc) is 2.60. The number of nitrogens with one attached hydrogen (secondary N) is 2. The lowest BCUT2D eigenvalue weighted by atomic mass is 10.1. The van der Waals surface area contributed by atoms with Gasteiger partial charge in [-0.3, -0.25) is 9.59 Å². The molecule has 2 aromatic carbocycles. The molecule has 0 spiro atoms. The summed E-state index contributed by atoms with van der Waals surface area (Å²) in [7, 11) is 0. The first-order valence-electron chi connectivity index (χ1n) is 7.32. The molecular weight excluding hydrogens is 340 g/mol. The van der Waals surface area contributed by atoms with Crippen molar-refractivity contribution in [2.75, 3.05) is 0 Å². The van der Waals surface area contributed by atoms with Crippen LogP contribution in [0.5, 0.6) is 23.0 Å². The summed E-state index contributed by atoms with van der Waals surface area (Å²) in [5.74, 6) is -1.29. The van der Waals surface area contributed by atoms with Gasteiger partial charge in [-0.2, -0.15) is 0 Å². The highest BCUT2D eigenvalue weighted by molar-refractivity contribution is 5.73. The second-order valence-corrected chi connectivity index (χ2v) is 5.14. The molecule has 2 aromatic rings. The second kappa shape index (κ2) is 8.25.